The highest BCUT2D eigenvalue weighted by Crippen LogP contribution is 2.42. The number of hydrogen-bond acceptors (Lipinski definition) is 2. The van der Waals surface area contributed by atoms with Crippen LogP contribution in [0, 0.1) is 3.57 Å². The molecule has 1 unspecified atom stereocenters. The summed E-state index contributed by atoms with van der Waals surface area (Å²) in [5.41, 5.74) is 2.31. The van der Waals surface area contributed by atoms with Gasteiger partial charge in [0.15, 0.2) is 8.32 Å². The van der Waals surface area contributed by atoms with Crippen molar-refractivity contribution in [2.75, 3.05) is 7.11 Å². The number of para-hydroxylation sites is 1. The number of nitrogens with zero attached hydrogens (tertiary/aromatic N) is 1. The number of rotatable bonds is 6. The van der Waals surface area contributed by atoms with Gasteiger partial charge in [-0.15, -0.1) is 6.58 Å². The van der Waals surface area contributed by atoms with Gasteiger partial charge in [0.05, 0.1) is 11.2 Å². The Morgan fingerprint density at radius 3 is 2.46 bits per heavy atom. The SMILES string of the molecule is C=CC(O[Si](C)(C)C(C)(C)C)c1c(I)c2ccccc2n1COC. The van der Waals surface area contributed by atoms with Crippen LogP contribution in [0.3, 0.4) is 0 Å². The van der Waals surface area contributed by atoms with Gasteiger partial charge in [-0.25, -0.2) is 0 Å². The summed E-state index contributed by atoms with van der Waals surface area (Å²) in [5.74, 6) is 0. The fraction of sp³-hybridized carbons (Fsp3) is 0.474. The summed E-state index contributed by atoms with van der Waals surface area (Å²) in [6.07, 6.45) is 1.78. The topological polar surface area (TPSA) is 23.4 Å². The van der Waals surface area contributed by atoms with Crippen LogP contribution in [0.1, 0.15) is 32.6 Å². The standard InChI is InChI=1S/C19H28INO2Si/c1-8-16(23-24(6,7)19(2,3)4)18-17(20)14-11-9-10-12-15(14)21(18)13-22-5/h8-12,16H,1,13H2,2-7H3. The van der Waals surface area contributed by atoms with Crippen LogP contribution in [0.15, 0.2) is 36.9 Å². The lowest BCUT2D eigenvalue weighted by Gasteiger charge is -2.38. The Hall–Kier alpha value is -0.633. The van der Waals surface area contributed by atoms with Gasteiger partial charge < -0.3 is 13.7 Å². The molecule has 3 nitrogen and oxygen atoms in total. The van der Waals surface area contributed by atoms with E-state index < -0.39 is 8.32 Å². The lowest BCUT2D eigenvalue weighted by molar-refractivity contribution is 0.124. The van der Waals surface area contributed by atoms with E-state index in [2.05, 4.69) is 91.9 Å². The first-order valence-corrected chi connectivity index (χ1v) is 12.2. The summed E-state index contributed by atoms with van der Waals surface area (Å²) in [5, 5.41) is 1.38. The number of fused-ring (bicyclic) bond motifs is 1. The predicted octanol–water partition coefficient (Wildman–Crippen LogP) is 6.10. The molecule has 0 saturated carbocycles. The van der Waals surface area contributed by atoms with Crippen LogP contribution in [0.2, 0.25) is 18.1 Å². The van der Waals surface area contributed by atoms with Crippen molar-refractivity contribution in [3.05, 3.63) is 46.2 Å². The van der Waals surface area contributed by atoms with Gasteiger partial charge in [0.25, 0.3) is 0 Å². The molecule has 0 N–H and O–H groups in total. The number of methoxy groups -OCH3 is 1. The van der Waals surface area contributed by atoms with Gasteiger partial charge in [-0.3, -0.25) is 0 Å². The molecule has 2 aromatic rings. The highest BCUT2D eigenvalue weighted by molar-refractivity contribution is 14.1. The molecule has 1 heterocycles. The van der Waals surface area contributed by atoms with Gasteiger partial charge in [0.2, 0.25) is 0 Å². The minimum absolute atomic E-state index is 0.139. The quantitative estimate of drug-likeness (QED) is 0.297. The summed E-state index contributed by atoms with van der Waals surface area (Å²) in [7, 11) is -0.193. The average molecular weight is 457 g/mol. The molecule has 24 heavy (non-hydrogen) atoms. The molecule has 0 aliphatic heterocycles. The van der Waals surface area contributed by atoms with Crippen molar-refractivity contribution in [2.24, 2.45) is 0 Å². The van der Waals surface area contributed by atoms with E-state index >= 15 is 0 Å². The van der Waals surface area contributed by atoms with E-state index in [0.717, 1.165) is 5.69 Å². The Labute approximate surface area is 160 Å². The zero-order valence-corrected chi connectivity index (χ0v) is 18.7. The molecule has 1 aromatic carbocycles. The monoisotopic (exact) mass is 457 g/mol. The number of ether oxygens (including phenoxy) is 1. The number of hydrogen-bond donors (Lipinski definition) is 0. The van der Waals surface area contributed by atoms with Crippen LogP contribution in [0.5, 0.6) is 0 Å². The van der Waals surface area contributed by atoms with Crippen molar-refractivity contribution in [3.63, 3.8) is 0 Å². The molecular formula is C19H28INO2Si. The molecule has 0 saturated heterocycles. The Balaban J connectivity index is 2.58. The first kappa shape index (κ1) is 19.7. The van der Waals surface area contributed by atoms with Crippen LogP contribution in [-0.2, 0) is 15.9 Å². The Morgan fingerprint density at radius 1 is 1.29 bits per heavy atom. The van der Waals surface area contributed by atoms with Crippen LogP contribution >= 0.6 is 22.6 Å². The van der Waals surface area contributed by atoms with E-state index in [9.17, 15) is 0 Å². The number of aromatic nitrogens is 1. The summed E-state index contributed by atoms with van der Waals surface area (Å²) < 4.78 is 15.6. The van der Waals surface area contributed by atoms with E-state index in [1.165, 1.54) is 14.5 Å². The molecule has 0 aliphatic rings. The summed E-state index contributed by atoms with van der Waals surface area (Å²) >= 11 is 2.42. The minimum Gasteiger partial charge on any atom is -0.405 e. The Kier molecular flexibility index (Phi) is 6.00. The average Bonchev–Trinajstić information content (AvgIpc) is 2.78. The highest BCUT2D eigenvalue weighted by atomic mass is 127. The molecule has 0 bridgehead atoms. The zero-order valence-electron chi connectivity index (χ0n) is 15.5. The third-order valence-electron chi connectivity index (χ3n) is 4.92. The normalized spacial score (nSPS) is 14.1. The van der Waals surface area contributed by atoms with Crippen LogP contribution in [-0.4, -0.2) is 20.0 Å². The van der Waals surface area contributed by atoms with Crippen LogP contribution in [0.25, 0.3) is 10.9 Å². The minimum atomic E-state index is -1.92. The third-order valence-corrected chi connectivity index (χ3v) is 10.5. The lowest BCUT2D eigenvalue weighted by Crippen LogP contribution is -2.42. The molecule has 132 valence electrons. The Bertz CT molecular complexity index is 731. The predicted molar refractivity (Wildman–Crippen MR) is 113 cm³/mol. The molecule has 0 amide bonds. The van der Waals surface area contributed by atoms with Crippen LogP contribution < -0.4 is 0 Å². The van der Waals surface area contributed by atoms with Gasteiger partial charge >= 0.3 is 0 Å². The molecular weight excluding hydrogens is 429 g/mol. The number of benzene rings is 1. The van der Waals surface area contributed by atoms with E-state index in [0.29, 0.717) is 6.73 Å². The lowest BCUT2D eigenvalue weighted by atomic mass is 10.2. The number of halogens is 1. The van der Waals surface area contributed by atoms with E-state index in [4.69, 9.17) is 9.16 Å². The molecule has 0 spiro atoms. The van der Waals surface area contributed by atoms with E-state index in [1.54, 1.807) is 7.11 Å². The maximum absolute atomic E-state index is 6.67. The second-order valence-electron chi connectivity index (χ2n) is 7.60. The second-order valence-corrected chi connectivity index (χ2v) is 13.4. The largest absolute Gasteiger partial charge is 0.405 e. The maximum Gasteiger partial charge on any atom is 0.193 e. The van der Waals surface area contributed by atoms with Crippen molar-refractivity contribution in [1.82, 2.24) is 4.57 Å². The fourth-order valence-corrected chi connectivity index (χ4v) is 4.79. The summed E-state index contributed by atoms with van der Waals surface area (Å²) in [6.45, 7) is 15.9. The molecule has 1 aromatic heterocycles. The Morgan fingerprint density at radius 2 is 1.92 bits per heavy atom. The van der Waals surface area contributed by atoms with Crippen molar-refractivity contribution in [2.45, 2.75) is 51.7 Å². The van der Waals surface area contributed by atoms with Crippen molar-refractivity contribution >= 4 is 41.8 Å². The molecule has 1 atom stereocenters. The van der Waals surface area contributed by atoms with Crippen molar-refractivity contribution in [1.29, 1.82) is 0 Å². The van der Waals surface area contributed by atoms with Gasteiger partial charge in [-0.05, 0) is 46.8 Å². The van der Waals surface area contributed by atoms with E-state index in [-0.39, 0.29) is 11.1 Å². The highest BCUT2D eigenvalue weighted by Gasteiger charge is 2.40. The summed E-state index contributed by atoms with van der Waals surface area (Å²) in [4.78, 5) is 0. The van der Waals surface area contributed by atoms with Crippen LogP contribution in [0.4, 0.5) is 0 Å². The van der Waals surface area contributed by atoms with Gasteiger partial charge in [0, 0.05) is 16.1 Å². The second kappa shape index (κ2) is 7.31. The van der Waals surface area contributed by atoms with Gasteiger partial charge in [-0.2, -0.15) is 0 Å². The van der Waals surface area contributed by atoms with Crippen molar-refractivity contribution in [3.8, 4) is 0 Å². The first-order chi connectivity index (χ1) is 11.1. The molecule has 0 fully saturated rings. The zero-order chi connectivity index (χ0) is 18.1. The molecule has 0 aliphatic carbocycles. The van der Waals surface area contributed by atoms with Gasteiger partial charge in [0.1, 0.15) is 12.8 Å². The third kappa shape index (κ3) is 3.64. The smallest absolute Gasteiger partial charge is 0.193 e. The molecule has 5 heteroatoms. The molecule has 2 rings (SSSR count). The maximum atomic E-state index is 6.67. The first-order valence-electron chi connectivity index (χ1n) is 8.20. The summed E-state index contributed by atoms with van der Waals surface area (Å²) in [6, 6.07) is 8.42. The van der Waals surface area contributed by atoms with Gasteiger partial charge in [-0.1, -0.05) is 45.0 Å². The fourth-order valence-electron chi connectivity index (χ4n) is 2.54. The molecule has 0 radical (unpaired) electrons. The van der Waals surface area contributed by atoms with E-state index in [1.807, 2.05) is 6.08 Å². The van der Waals surface area contributed by atoms with Crippen molar-refractivity contribution < 1.29 is 9.16 Å².